The maximum atomic E-state index is 11.4. The van der Waals surface area contributed by atoms with Gasteiger partial charge >= 0.3 is 0 Å². The number of hydrogen-bond acceptors (Lipinski definition) is 5. The number of nitrogens with two attached hydrogens (primary N) is 2. The van der Waals surface area contributed by atoms with Gasteiger partial charge in [-0.05, 0) is 25.1 Å². The Morgan fingerprint density at radius 2 is 2.11 bits per heavy atom. The van der Waals surface area contributed by atoms with Crippen LogP contribution in [0.15, 0.2) is 39.8 Å². The molecule has 0 fully saturated rings. The molecule has 0 saturated heterocycles. The topological polar surface area (TPSA) is 109 Å². The molecule has 0 radical (unpaired) electrons. The minimum atomic E-state index is -3.83. The van der Waals surface area contributed by atoms with Gasteiger partial charge in [0, 0.05) is 17.3 Å². The van der Waals surface area contributed by atoms with Crippen molar-refractivity contribution in [3.8, 4) is 5.75 Å². The van der Waals surface area contributed by atoms with Crippen LogP contribution in [0, 0.1) is 6.92 Å². The highest BCUT2D eigenvalue weighted by Gasteiger charge is 2.16. The van der Waals surface area contributed by atoms with Crippen LogP contribution in [0.4, 0.5) is 5.69 Å². The average Bonchev–Trinajstić information content (AvgIpc) is 2.81. The van der Waals surface area contributed by atoms with E-state index in [0.717, 1.165) is 0 Å². The number of rotatable bonds is 4. The Morgan fingerprint density at radius 1 is 1.37 bits per heavy atom. The van der Waals surface area contributed by atoms with Crippen molar-refractivity contribution in [2.75, 3.05) is 5.73 Å². The lowest BCUT2D eigenvalue weighted by Crippen LogP contribution is -2.14. The minimum Gasteiger partial charge on any atom is -0.485 e. The van der Waals surface area contributed by atoms with E-state index < -0.39 is 10.0 Å². The van der Waals surface area contributed by atoms with Crippen molar-refractivity contribution in [2.45, 2.75) is 18.4 Å². The van der Waals surface area contributed by atoms with Crippen molar-refractivity contribution in [2.24, 2.45) is 5.14 Å². The van der Waals surface area contributed by atoms with Crippen LogP contribution >= 0.6 is 0 Å². The van der Waals surface area contributed by atoms with Crippen molar-refractivity contribution >= 4 is 15.7 Å². The summed E-state index contributed by atoms with van der Waals surface area (Å²) in [5, 5.41) is 5.13. The molecule has 102 valence electrons. The molecular weight excluding hydrogens is 268 g/mol. The molecule has 1 aromatic carbocycles. The minimum absolute atomic E-state index is 0.0399. The summed E-state index contributed by atoms with van der Waals surface area (Å²) in [6.45, 7) is 1.79. The first kappa shape index (κ1) is 13.4. The molecule has 0 aliphatic carbocycles. The van der Waals surface area contributed by atoms with Gasteiger partial charge in [-0.15, -0.1) is 0 Å². The van der Waals surface area contributed by atoms with Crippen molar-refractivity contribution in [3.05, 3.63) is 41.9 Å². The van der Waals surface area contributed by atoms with E-state index in [1.807, 2.05) is 0 Å². The van der Waals surface area contributed by atoms with E-state index in [9.17, 15) is 8.42 Å². The van der Waals surface area contributed by atoms with Crippen LogP contribution in [0.2, 0.25) is 0 Å². The number of hydrogen-bond donors (Lipinski definition) is 2. The van der Waals surface area contributed by atoms with E-state index in [4.69, 9.17) is 20.0 Å². The third kappa shape index (κ3) is 3.07. The molecule has 0 aliphatic heterocycles. The van der Waals surface area contributed by atoms with Crippen LogP contribution < -0.4 is 15.6 Å². The normalized spacial score (nSPS) is 11.5. The molecule has 2 aromatic rings. The number of benzene rings is 1. The van der Waals surface area contributed by atoms with Gasteiger partial charge in [-0.25, -0.2) is 13.6 Å². The summed E-state index contributed by atoms with van der Waals surface area (Å²) in [6.07, 6.45) is 1.53. The van der Waals surface area contributed by atoms with Gasteiger partial charge in [0.2, 0.25) is 10.0 Å². The van der Waals surface area contributed by atoms with E-state index in [2.05, 4.69) is 0 Å². The van der Waals surface area contributed by atoms with Gasteiger partial charge < -0.3 is 14.9 Å². The fourth-order valence-corrected chi connectivity index (χ4v) is 2.50. The van der Waals surface area contributed by atoms with Crippen molar-refractivity contribution in [1.82, 2.24) is 0 Å². The second-order valence-electron chi connectivity index (χ2n) is 4.06. The maximum absolute atomic E-state index is 11.4. The van der Waals surface area contributed by atoms with Gasteiger partial charge in [-0.1, -0.05) is 0 Å². The van der Waals surface area contributed by atoms with E-state index in [1.54, 1.807) is 25.1 Å². The first-order chi connectivity index (χ1) is 8.88. The summed E-state index contributed by atoms with van der Waals surface area (Å²) in [5.74, 6) is 0.986. The Hall–Kier alpha value is -1.99. The zero-order valence-electron chi connectivity index (χ0n) is 10.3. The Morgan fingerprint density at radius 3 is 2.68 bits per heavy atom. The average molecular weight is 282 g/mol. The lowest BCUT2D eigenvalue weighted by atomic mass is 10.2. The maximum Gasteiger partial charge on any atom is 0.238 e. The number of primary sulfonamides is 1. The molecular formula is C12H14N2O4S. The first-order valence-electron chi connectivity index (χ1n) is 5.46. The van der Waals surface area contributed by atoms with Crippen LogP contribution in [0.3, 0.4) is 0 Å². The predicted molar refractivity (Wildman–Crippen MR) is 70.0 cm³/mol. The van der Waals surface area contributed by atoms with Gasteiger partial charge in [0.15, 0.2) is 0 Å². The Bertz CT molecular complexity index is 678. The van der Waals surface area contributed by atoms with E-state index >= 15 is 0 Å². The Balaban J connectivity index is 2.33. The summed E-state index contributed by atoms with van der Waals surface area (Å²) >= 11 is 0. The van der Waals surface area contributed by atoms with Crippen LogP contribution in [0.1, 0.15) is 11.3 Å². The van der Waals surface area contributed by atoms with Gasteiger partial charge in [0.1, 0.15) is 18.1 Å². The van der Waals surface area contributed by atoms with E-state index in [-0.39, 0.29) is 17.2 Å². The van der Waals surface area contributed by atoms with Gasteiger partial charge in [0.05, 0.1) is 11.2 Å². The molecule has 7 heteroatoms. The molecule has 0 amide bonds. The van der Waals surface area contributed by atoms with Crippen molar-refractivity contribution in [3.63, 3.8) is 0 Å². The zero-order chi connectivity index (χ0) is 14.0. The molecule has 0 bridgehead atoms. The third-order valence-corrected chi connectivity index (χ3v) is 3.63. The fraction of sp³-hybridized carbons (Fsp3) is 0.167. The molecule has 4 N–H and O–H groups in total. The lowest BCUT2D eigenvalue weighted by Gasteiger charge is -2.12. The number of furan rings is 1. The van der Waals surface area contributed by atoms with E-state index in [0.29, 0.717) is 17.1 Å². The van der Waals surface area contributed by atoms with Crippen molar-refractivity contribution in [1.29, 1.82) is 0 Å². The summed E-state index contributed by atoms with van der Waals surface area (Å²) in [6, 6.07) is 6.35. The molecule has 0 aliphatic rings. The lowest BCUT2D eigenvalue weighted by molar-refractivity contribution is 0.268. The molecule has 0 saturated carbocycles. The fourth-order valence-electron chi connectivity index (χ4n) is 1.67. The number of sulfonamides is 1. The quantitative estimate of drug-likeness (QED) is 0.824. The summed E-state index contributed by atoms with van der Waals surface area (Å²) in [4.78, 5) is -0.0399. The third-order valence-electron chi connectivity index (χ3n) is 2.59. The number of nitrogen functional groups attached to an aromatic ring is 1. The summed E-state index contributed by atoms with van der Waals surface area (Å²) in [5.41, 5.74) is 6.34. The molecule has 1 heterocycles. The number of ether oxygens (including phenoxy) is 1. The van der Waals surface area contributed by atoms with Crippen LogP contribution in [-0.2, 0) is 16.6 Å². The summed E-state index contributed by atoms with van der Waals surface area (Å²) < 4.78 is 33.5. The highest BCUT2D eigenvalue weighted by atomic mass is 32.2. The molecule has 19 heavy (non-hydrogen) atoms. The highest BCUT2D eigenvalue weighted by Crippen LogP contribution is 2.28. The second-order valence-corrected chi connectivity index (χ2v) is 5.59. The molecule has 2 rings (SSSR count). The second kappa shape index (κ2) is 4.94. The Kier molecular flexibility index (Phi) is 3.50. The van der Waals surface area contributed by atoms with Gasteiger partial charge in [0.25, 0.3) is 0 Å². The molecule has 0 spiro atoms. The standard InChI is InChI=1S/C12H14N2O4S/c1-8-11(18-7-10-3-2-4-17-10)5-9(13)6-12(8)19(14,15)16/h2-6H,7,13H2,1H3,(H2,14,15,16). The molecule has 1 aromatic heterocycles. The van der Waals surface area contributed by atoms with Crippen LogP contribution in [0.5, 0.6) is 5.75 Å². The van der Waals surface area contributed by atoms with Gasteiger partial charge in [-0.3, -0.25) is 0 Å². The molecule has 0 atom stereocenters. The predicted octanol–water partition coefficient (Wildman–Crippen LogP) is 1.40. The van der Waals surface area contributed by atoms with Gasteiger partial charge in [-0.2, -0.15) is 0 Å². The van der Waals surface area contributed by atoms with Crippen LogP contribution in [0.25, 0.3) is 0 Å². The Labute approximate surface area is 111 Å². The van der Waals surface area contributed by atoms with Crippen molar-refractivity contribution < 1.29 is 17.6 Å². The zero-order valence-corrected chi connectivity index (χ0v) is 11.1. The SMILES string of the molecule is Cc1c(OCc2ccco2)cc(N)cc1S(N)(=O)=O. The number of anilines is 1. The highest BCUT2D eigenvalue weighted by molar-refractivity contribution is 7.89. The first-order valence-corrected chi connectivity index (χ1v) is 7.00. The summed E-state index contributed by atoms with van der Waals surface area (Å²) in [7, 11) is -3.83. The monoisotopic (exact) mass is 282 g/mol. The molecule has 0 unspecified atom stereocenters. The largest absolute Gasteiger partial charge is 0.485 e. The van der Waals surface area contributed by atoms with E-state index in [1.165, 1.54) is 12.3 Å². The molecule has 6 nitrogen and oxygen atoms in total. The van der Waals surface area contributed by atoms with Crippen LogP contribution in [-0.4, -0.2) is 8.42 Å². The smallest absolute Gasteiger partial charge is 0.238 e.